The molecule has 102 valence electrons. The number of hydrogen-bond donors (Lipinski definition) is 0. The predicted molar refractivity (Wildman–Crippen MR) is 72.5 cm³/mol. The molecule has 1 aromatic carbocycles. The maximum atomic E-state index is 12.3. The van der Waals surface area contributed by atoms with Gasteiger partial charge in [-0.15, -0.1) is 0 Å². The zero-order chi connectivity index (χ0) is 13.8. The molecular weight excluding hydrogens is 266 g/mol. The number of carbonyl (C=O) groups is 2. The lowest BCUT2D eigenvalue weighted by Crippen LogP contribution is -2.41. The first kappa shape index (κ1) is 13.9. The third kappa shape index (κ3) is 3.26. The van der Waals surface area contributed by atoms with Crippen LogP contribution in [0.25, 0.3) is 0 Å². The van der Waals surface area contributed by atoms with E-state index < -0.39 is 0 Å². The average Bonchev–Trinajstić information content (AvgIpc) is 2.46. The van der Waals surface area contributed by atoms with Gasteiger partial charge in [-0.3, -0.25) is 9.59 Å². The summed E-state index contributed by atoms with van der Waals surface area (Å²) < 4.78 is 5.06. The number of piperidine rings is 1. The van der Waals surface area contributed by atoms with Gasteiger partial charge in [0.1, 0.15) is 5.75 Å². The minimum atomic E-state index is -0.354. The van der Waals surface area contributed by atoms with E-state index in [-0.39, 0.29) is 17.1 Å². The van der Waals surface area contributed by atoms with Crippen molar-refractivity contribution in [1.82, 2.24) is 4.90 Å². The predicted octanol–water partition coefficient (Wildman–Crippen LogP) is 2.31. The molecule has 0 radical (unpaired) electrons. The molecule has 1 amide bonds. The van der Waals surface area contributed by atoms with Crippen LogP contribution < -0.4 is 4.74 Å². The molecule has 4 nitrogen and oxygen atoms in total. The maximum absolute atomic E-state index is 12.3. The summed E-state index contributed by atoms with van der Waals surface area (Å²) in [6.45, 7) is 1.08. The Balaban J connectivity index is 2.07. The summed E-state index contributed by atoms with van der Waals surface area (Å²) in [6, 6.07) is 6.96. The van der Waals surface area contributed by atoms with Crippen LogP contribution in [0.2, 0.25) is 0 Å². The number of ether oxygens (including phenoxy) is 1. The van der Waals surface area contributed by atoms with E-state index in [2.05, 4.69) is 0 Å². The Morgan fingerprint density at radius 3 is 2.58 bits per heavy atom. The number of methoxy groups -OCH3 is 1. The Bertz CT molecular complexity index is 472. The molecule has 1 heterocycles. The average molecular weight is 282 g/mol. The minimum absolute atomic E-state index is 0.0646. The van der Waals surface area contributed by atoms with Crippen molar-refractivity contribution in [3.05, 3.63) is 29.8 Å². The highest BCUT2D eigenvalue weighted by molar-refractivity contribution is 6.64. The summed E-state index contributed by atoms with van der Waals surface area (Å²) >= 11 is 5.52. The Morgan fingerprint density at radius 2 is 2.00 bits per heavy atom. The van der Waals surface area contributed by atoms with Gasteiger partial charge < -0.3 is 9.64 Å². The Labute approximate surface area is 117 Å². The monoisotopic (exact) mass is 281 g/mol. The fourth-order valence-corrected chi connectivity index (χ4v) is 2.44. The van der Waals surface area contributed by atoms with E-state index in [1.165, 1.54) is 0 Å². The molecule has 1 fully saturated rings. The van der Waals surface area contributed by atoms with Gasteiger partial charge in [-0.2, -0.15) is 0 Å². The molecule has 1 saturated heterocycles. The summed E-state index contributed by atoms with van der Waals surface area (Å²) in [5.74, 6) is 0.409. The highest BCUT2D eigenvalue weighted by atomic mass is 35.5. The van der Waals surface area contributed by atoms with Crippen molar-refractivity contribution < 1.29 is 14.3 Å². The van der Waals surface area contributed by atoms with Crippen molar-refractivity contribution in [2.45, 2.75) is 12.8 Å². The Kier molecular flexibility index (Phi) is 4.43. The van der Waals surface area contributed by atoms with Gasteiger partial charge in [0.2, 0.25) is 5.24 Å². The van der Waals surface area contributed by atoms with Crippen molar-refractivity contribution in [1.29, 1.82) is 0 Å². The molecule has 1 atom stereocenters. The second-order valence-corrected chi connectivity index (χ2v) is 5.00. The van der Waals surface area contributed by atoms with Gasteiger partial charge in [0, 0.05) is 18.7 Å². The van der Waals surface area contributed by atoms with E-state index in [1.54, 1.807) is 36.3 Å². The van der Waals surface area contributed by atoms with E-state index in [1.807, 2.05) is 0 Å². The molecule has 0 spiro atoms. The van der Waals surface area contributed by atoms with Crippen LogP contribution in [0, 0.1) is 5.92 Å². The highest BCUT2D eigenvalue weighted by Crippen LogP contribution is 2.21. The van der Waals surface area contributed by atoms with Gasteiger partial charge in [0.25, 0.3) is 5.91 Å². The number of benzene rings is 1. The second kappa shape index (κ2) is 6.06. The summed E-state index contributed by atoms with van der Waals surface area (Å²) in [6.07, 6.45) is 1.57. The van der Waals surface area contributed by atoms with E-state index >= 15 is 0 Å². The van der Waals surface area contributed by atoms with Gasteiger partial charge in [0.15, 0.2) is 0 Å². The fourth-order valence-electron chi connectivity index (χ4n) is 2.26. The quantitative estimate of drug-likeness (QED) is 0.799. The zero-order valence-corrected chi connectivity index (χ0v) is 11.5. The van der Waals surface area contributed by atoms with Crippen LogP contribution in [0.4, 0.5) is 0 Å². The molecule has 0 aliphatic carbocycles. The zero-order valence-electron chi connectivity index (χ0n) is 10.8. The molecular formula is C14H16ClNO3. The van der Waals surface area contributed by atoms with Gasteiger partial charge in [-0.1, -0.05) is 0 Å². The van der Waals surface area contributed by atoms with Crippen molar-refractivity contribution in [3.8, 4) is 5.75 Å². The topological polar surface area (TPSA) is 46.6 Å². The SMILES string of the molecule is COc1ccc(C(=O)N2CCCC(C(=O)Cl)C2)cc1. The molecule has 0 bridgehead atoms. The summed E-state index contributed by atoms with van der Waals surface area (Å²) in [5.41, 5.74) is 0.600. The van der Waals surface area contributed by atoms with Crippen molar-refractivity contribution in [2.75, 3.05) is 20.2 Å². The van der Waals surface area contributed by atoms with Crippen LogP contribution >= 0.6 is 11.6 Å². The summed E-state index contributed by atoms with van der Waals surface area (Å²) in [5, 5.41) is -0.354. The number of nitrogens with zero attached hydrogens (tertiary/aromatic N) is 1. The molecule has 19 heavy (non-hydrogen) atoms. The van der Waals surface area contributed by atoms with Gasteiger partial charge in [-0.05, 0) is 48.7 Å². The van der Waals surface area contributed by atoms with Crippen LogP contribution in [0.15, 0.2) is 24.3 Å². The van der Waals surface area contributed by atoms with Crippen LogP contribution in [-0.2, 0) is 4.79 Å². The first-order valence-corrected chi connectivity index (χ1v) is 6.62. The third-order valence-corrected chi connectivity index (χ3v) is 3.68. The van der Waals surface area contributed by atoms with Crippen molar-refractivity contribution in [2.24, 2.45) is 5.92 Å². The molecule has 1 unspecified atom stereocenters. The fraction of sp³-hybridized carbons (Fsp3) is 0.429. The summed E-state index contributed by atoms with van der Waals surface area (Å²) in [7, 11) is 1.58. The van der Waals surface area contributed by atoms with E-state index in [0.717, 1.165) is 12.8 Å². The van der Waals surface area contributed by atoms with Crippen LogP contribution in [0.5, 0.6) is 5.75 Å². The Morgan fingerprint density at radius 1 is 1.32 bits per heavy atom. The lowest BCUT2D eigenvalue weighted by Gasteiger charge is -2.31. The van der Waals surface area contributed by atoms with Crippen molar-refractivity contribution >= 4 is 22.8 Å². The maximum Gasteiger partial charge on any atom is 0.253 e. The number of amides is 1. The molecule has 1 aromatic rings. The standard InChI is InChI=1S/C14H16ClNO3/c1-19-12-6-4-10(5-7-12)14(18)16-8-2-3-11(9-16)13(15)17/h4-7,11H,2-3,8-9H2,1H3. The minimum Gasteiger partial charge on any atom is -0.497 e. The molecule has 0 saturated carbocycles. The van der Waals surface area contributed by atoms with E-state index in [9.17, 15) is 9.59 Å². The number of halogens is 1. The molecule has 1 aliphatic heterocycles. The lowest BCUT2D eigenvalue weighted by molar-refractivity contribution is -0.116. The van der Waals surface area contributed by atoms with E-state index in [0.29, 0.717) is 24.4 Å². The highest BCUT2D eigenvalue weighted by Gasteiger charge is 2.27. The number of carbonyl (C=O) groups excluding carboxylic acids is 2. The van der Waals surface area contributed by atoms with Crippen LogP contribution in [-0.4, -0.2) is 36.2 Å². The van der Waals surface area contributed by atoms with Gasteiger partial charge in [-0.25, -0.2) is 0 Å². The Hall–Kier alpha value is -1.55. The molecule has 5 heteroatoms. The number of rotatable bonds is 3. The van der Waals surface area contributed by atoms with Crippen LogP contribution in [0.1, 0.15) is 23.2 Å². The van der Waals surface area contributed by atoms with Crippen molar-refractivity contribution in [3.63, 3.8) is 0 Å². The molecule has 0 N–H and O–H groups in total. The van der Waals surface area contributed by atoms with E-state index in [4.69, 9.17) is 16.3 Å². The number of likely N-dealkylation sites (tertiary alicyclic amines) is 1. The third-order valence-electron chi connectivity index (χ3n) is 3.37. The second-order valence-electron chi connectivity index (χ2n) is 4.62. The molecule has 0 aromatic heterocycles. The number of hydrogen-bond acceptors (Lipinski definition) is 3. The van der Waals surface area contributed by atoms with Gasteiger partial charge in [0.05, 0.1) is 13.0 Å². The summed E-state index contributed by atoms with van der Waals surface area (Å²) in [4.78, 5) is 25.2. The first-order valence-electron chi connectivity index (χ1n) is 6.24. The molecule has 2 rings (SSSR count). The lowest BCUT2D eigenvalue weighted by atomic mass is 9.98. The largest absolute Gasteiger partial charge is 0.497 e. The van der Waals surface area contributed by atoms with Gasteiger partial charge >= 0.3 is 0 Å². The molecule has 1 aliphatic rings. The van der Waals surface area contributed by atoms with Crippen LogP contribution in [0.3, 0.4) is 0 Å². The first-order chi connectivity index (χ1) is 9.11. The smallest absolute Gasteiger partial charge is 0.253 e. The normalized spacial score (nSPS) is 19.1.